The Kier molecular flexibility index (Phi) is 4.30. The van der Waals surface area contributed by atoms with Gasteiger partial charge in [0.25, 0.3) is 0 Å². The lowest BCUT2D eigenvalue weighted by molar-refractivity contribution is 0.277. The lowest BCUT2D eigenvalue weighted by atomic mass is 10.2. The van der Waals surface area contributed by atoms with Gasteiger partial charge in [0.05, 0.1) is 12.3 Å². The Morgan fingerprint density at radius 1 is 0.783 bits per heavy atom. The predicted octanol–water partition coefficient (Wildman–Crippen LogP) is 4.32. The molecule has 23 heavy (non-hydrogen) atoms. The summed E-state index contributed by atoms with van der Waals surface area (Å²) in [5.74, 6) is -0.135. The van der Waals surface area contributed by atoms with Crippen LogP contribution in [-0.2, 0) is 6.61 Å². The number of aliphatic hydroxyl groups is 1. The van der Waals surface area contributed by atoms with Crippen LogP contribution in [0.1, 0.15) is 5.69 Å². The first-order chi connectivity index (χ1) is 11.2. The van der Waals surface area contributed by atoms with Gasteiger partial charge in [-0.05, 0) is 60.7 Å². The smallest absolute Gasteiger partial charge is 0.137 e. The number of benzene rings is 2. The molecule has 0 unspecified atom stereocenters. The highest BCUT2D eigenvalue weighted by Gasteiger charge is 2.14. The number of anilines is 3. The zero-order chi connectivity index (χ0) is 16.2. The summed E-state index contributed by atoms with van der Waals surface area (Å²) in [5, 5.41) is 9.28. The van der Waals surface area contributed by atoms with E-state index in [4.69, 9.17) is 0 Å². The van der Waals surface area contributed by atoms with Crippen molar-refractivity contribution in [2.45, 2.75) is 6.61 Å². The fourth-order valence-electron chi connectivity index (χ4n) is 2.27. The van der Waals surface area contributed by atoms with Gasteiger partial charge < -0.3 is 5.11 Å². The molecule has 3 aromatic rings. The average molecular weight is 312 g/mol. The number of nitrogens with zero attached hydrogens (tertiary/aromatic N) is 2. The van der Waals surface area contributed by atoms with Crippen molar-refractivity contribution in [2.75, 3.05) is 4.90 Å². The van der Waals surface area contributed by atoms with E-state index in [1.807, 2.05) is 0 Å². The molecule has 3 nitrogen and oxygen atoms in total. The quantitative estimate of drug-likeness (QED) is 0.779. The number of halogens is 2. The fraction of sp³-hybridized carbons (Fsp3) is 0.0556. The van der Waals surface area contributed by atoms with Crippen LogP contribution < -0.4 is 4.90 Å². The Morgan fingerprint density at radius 2 is 1.30 bits per heavy atom. The summed E-state index contributed by atoms with van der Waals surface area (Å²) in [6.45, 7) is -0.186. The van der Waals surface area contributed by atoms with Crippen molar-refractivity contribution in [1.82, 2.24) is 4.98 Å². The van der Waals surface area contributed by atoms with Gasteiger partial charge in [-0.3, -0.25) is 4.90 Å². The van der Waals surface area contributed by atoms with Gasteiger partial charge in [0.1, 0.15) is 17.5 Å². The van der Waals surface area contributed by atoms with Crippen LogP contribution in [0, 0.1) is 11.6 Å². The second-order valence-electron chi connectivity index (χ2n) is 4.93. The summed E-state index contributed by atoms with van der Waals surface area (Å²) < 4.78 is 26.4. The normalized spacial score (nSPS) is 10.6. The number of pyridine rings is 1. The molecular weight excluding hydrogens is 298 g/mol. The highest BCUT2D eigenvalue weighted by Crippen LogP contribution is 2.33. The first-order valence-corrected chi connectivity index (χ1v) is 7.05. The highest BCUT2D eigenvalue weighted by molar-refractivity contribution is 5.74. The summed E-state index contributed by atoms with van der Waals surface area (Å²) in [6.07, 6.45) is 0. The maximum atomic E-state index is 13.2. The molecule has 5 heteroatoms. The molecule has 0 aliphatic carbocycles. The third-order valence-corrected chi connectivity index (χ3v) is 3.35. The minimum atomic E-state index is -0.343. The summed E-state index contributed by atoms with van der Waals surface area (Å²) in [7, 11) is 0. The van der Waals surface area contributed by atoms with E-state index >= 15 is 0 Å². The van der Waals surface area contributed by atoms with Gasteiger partial charge in [0.2, 0.25) is 0 Å². The van der Waals surface area contributed by atoms with Gasteiger partial charge in [-0.1, -0.05) is 6.07 Å². The third-order valence-electron chi connectivity index (χ3n) is 3.35. The molecule has 0 fully saturated rings. The molecule has 1 aromatic heterocycles. The molecule has 116 valence electrons. The Bertz CT molecular complexity index is 743. The van der Waals surface area contributed by atoms with Gasteiger partial charge in [-0.2, -0.15) is 0 Å². The Labute approximate surface area is 132 Å². The van der Waals surface area contributed by atoms with Crippen molar-refractivity contribution in [3.05, 3.63) is 84.1 Å². The minimum Gasteiger partial charge on any atom is -0.390 e. The van der Waals surface area contributed by atoms with Crippen LogP contribution in [0.3, 0.4) is 0 Å². The van der Waals surface area contributed by atoms with Crippen molar-refractivity contribution in [2.24, 2.45) is 0 Å². The highest BCUT2D eigenvalue weighted by atomic mass is 19.1. The van der Waals surface area contributed by atoms with Gasteiger partial charge >= 0.3 is 0 Å². The number of rotatable bonds is 4. The topological polar surface area (TPSA) is 36.4 Å². The second kappa shape index (κ2) is 6.54. The molecule has 2 aromatic carbocycles. The van der Waals surface area contributed by atoms with Gasteiger partial charge in [-0.25, -0.2) is 13.8 Å². The molecule has 0 saturated carbocycles. The molecule has 0 spiro atoms. The zero-order valence-corrected chi connectivity index (χ0v) is 12.2. The van der Waals surface area contributed by atoms with Crippen LogP contribution in [0.4, 0.5) is 26.0 Å². The Hall–Kier alpha value is -2.79. The lowest BCUT2D eigenvalue weighted by Crippen LogP contribution is -2.12. The van der Waals surface area contributed by atoms with E-state index in [0.717, 1.165) is 0 Å². The molecule has 0 amide bonds. The molecule has 0 radical (unpaired) electrons. The van der Waals surface area contributed by atoms with Gasteiger partial charge in [0, 0.05) is 11.4 Å². The van der Waals surface area contributed by atoms with E-state index in [-0.39, 0.29) is 18.2 Å². The molecule has 0 bridgehead atoms. The predicted molar refractivity (Wildman–Crippen MR) is 84.8 cm³/mol. The molecule has 0 saturated heterocycles. The summed E-state index contributed by atoms with van der Waals surface area (Å²) >= 11 is 0. The number of aromatic nitrogens is 1. The molecule has 1 N–H and O–H groups in total. The second-order valence-corrected chi connectivity index (χ2v) is 4.93. The number of hydrogen-bond donors (Lipinski definition) is 1. The monoisotopic (exact) mass is 312 g/mol. The fourth-order valence-corrected chi connectivity index (χ4v) is 2.27. The average Bonchev–Trinajstić information content (AvgIpc) is 2.59. The van der Waals surface area contributed by atoms with E-state index in [1.165, 1.54) is 24.3 Å². The summed E-state index contributed by atoms with van der Waals surface area (Å²) in [5.41, 5.74) is 1.87. The lowest BCUT2D eigenvalue weighted by Gasteiger charge is -2.24. The Balaban J connectivity index is 2.12. The van der Waals surface area contributed by atoms with Gasteiger partial charge in [0.15, 0.2) is 0 Å². The number of aliphatic hydroxyl groups excluding tert-OH is 1. The van der Waals surface area contributed by atoms with Crippen molar-refractivity contribution in [3.8, 4) is 0 Å². The van der Waals surface area contributed by atoms with E-state index in [1.54, 1.807) is 47.4 Å². The van der Waals surface area contributed by atoms with Crippen molar-refractivity contribution < 1.29 is 13.9 Å². The molecule has 3 rings (SSSR count). The molecular formula is C18H14F2N2O. The van der Waals surface area contributed by atoms with Crippen LogP contribution in [0.5, 0.6) is 0 Å². The zero-order valence-electron chi connectivity index (χ0n) is 12.2. The molecule has 1 heterocycles. The molecule has 0 aliphatic rings. The largest absolute Gasteiger partial charge is 0.390 e. The van der Waals surface area contributed by atoms with Crippen molar-refractivity contribution in [3.63, 3.8) is 0 Å². The van der Waals surface area contributed by atoms with Crippen molar-refractivity contribution in [1.29, 1.82) is 0 Å². The van der Waals surface area contributed by atoms with E-state index in [0.29, 0.717) is 22.9 Å². The van der Waals surface area contributed by atoms with Crippen LogP contribution in [-0.4, -0.2) is 10.1 Å². The number of hydrogen-bond acceptors (Lipinski definition) is 3. The molecule has 0 aliphatic heterocycles. The van der Waals surface area contributed by atoms with Crippen LogP contribution in [0.15, 0.2) is 66.7 Å². The Morgan fingerprint density at radius 3 is 1.78 bits per heavy atom. The van der Waals surface area contributed by atoms with Crippen LogP contribution >= 0.6 is 0 Å². The minimum absolute atomic E-state index is 0.186. The first kappa shape index (κ1) is 15.1. The van der Waals surface area contributed by atoms with Gasteiger partial charge in [-0.15, -0.1) is 0 Å². The summed E-state index contributed by atoms with van der Waals surface area (Å²) in [6, 6.07) is 17.1. The maximum Gasteiger partial charge on any atom is 0.137 e. The third kappa shape index (κ3) is 3.35. The van der Waals surface area contributed by atoms with Crippen molar-refractivity contribution >= 4 is 17.2 Å². The van der Waals surface area contributed by atoms with E-state index in [2.05, 4.69) is 4.98 Å². The first-order valence-electron chi connectivity index (χ1n) is 7.05. The standard InChI is InChI=1S/C18H14F2N2O/c19-13-4-8-16(9-5-13)22(17-10-6-14(20)7-11-17)18-3-1-2-15(12-23)21-18/h1-11,23H,12H2. The van der Waals surface area contributed by atoms with Crippen LogP contribution in [0.25, 0.3) is 0 Å². The maximum absolute atomic E-state index is 13.2. The molecule has 0 atom stereocenters. The van der Waals surface area contributed by atoms with E-state index < -0.39 is 0 Å². The SMILES string of the molecule is OCc1cccc(N(c2ccc(F)cc2)c2ccc(F)cc2)n1. The summed E-state index contributed by atoms with van der Waals surface area (Å²) in [4.78, 5) is 6.14. The van der Waals surface area contributed by atoms with Crippen LogP contribution in [0.2, 0.25) is 0 Å². The van der Waals surface area contributed by atoms with E-state index in [9.17, 15) is 13.9 Å².